The molecule has 1 atom stereocenters. The fourth-order valence-corrected chi connectivity index (χ4v) is 9.93. The Kier molecular flexibility index (Phi) is 20.0. The minimum atomic E-state index is 0.569. The highest BCUT2D eigenvalue weighted by Crippen LogP contribution is 2.51. The summed E-state index contributed by atoms with van der Waals surface area (Å²) < 4.78 is 11.3. The van der Waals surface area contributed by atoms with Crippen LogP contribution in [0.25, 0.3) is 0 Å². The van der Waals surface area contributed by atoms with E-state index in [0.717, 1.165) is 24.4 Å². The van der Waals surface area contributed by atoms with E-state index in [2.05, 4.69) is 47.3 Å². The van der Waals surface area contributed by atoms with Gasteiger partial charge in [0.25, 0.3) is 0 Å². The van der Waals surface area contributed by atoms with Crippen molar-refractivity contribution in [1.82, 2.24) is 19.6 Å². The molecule has 0 N–H and O–H groups in total. The molecule has 4 heterocycles. The van der Waals surface area contributed by atoms with Gasteiger partial charge in [0.2, 0.25) is 0 Å². The molecule has 6 rings (SSSR count). The van der Waals surface area contributed by atoms with Crippen LogP contribution in [0.2, 0.25) is 0 Å². The standard InChI is InChI=1S/C21H40N2O.C18H34N2O.2C2H6/c1-4-18(3)16-22-10-6-19(7-11-22)17-23-12-8-21(9-13-23)14-20(15-21)24-5-2;1-3-8-19-9-4-16(5-10-19)15-20-11-6-18(7-12-20)13-17(14-18)21-2;2*1-2/h18-20H,4-17H2,1-3H3;16-17H,3-15H2,1-2H3;2*1-2H3. The molecule has 0 aromatic rings. The third-order valence-corrected chi connectivity index (χ3v) is 13.5. The molecule has 0 amide bonds. The second-order valence-corrected chi connectivity index (χ2v) is 16.9. The predicted molar refractivity (Wildman–Crippen MR) is 212 cm³/mol. The molecule has 2 spiro atoms. The zero-order chi connectivity index (χ0) is 35.7. The number of nitrogens with zero attached hydrogens (tertiary/aromatic N) is 4. The van der Waals surface area contributed by atoms with Gasteiger partial charge < -0.3 is 29.1 Å². The van der Waals surface area contributed by atoms with E-state index in [9.17, 15) is 0 Å². The van der Waals surface area contributed by atoms with Crippen molar-refractivity contribution in [2.45, 2.75) is 157 Å². The highest BCUT2D eigenvalue weighted by Gasteiger charge is 2.47. The van der Waals surface area contributed by atoms with Crippen LogP contribution < -0.4 is 0 Å². The monoisotopic (exact) mass is 691 g/mol. The number of hydrogen-bond acceptors (Lipinski definition) is 6. The van der Waals surface area contributed by atoms with Gasteiger partial charge >= 0.3 is 0 Å². The predicted octanol–water partition coefficient (Wildman–Crippen LogP) is 9.08. The summed E-state index contributed by atoms with van der Waals surface area (Å²) in [5, 5.41) is 0. The lowest BCUT2D eigenvalue weighted by atomic mass is 9.61. The molecule has 0 aromatic heterocycles. The lowest BCUT2D eigenvalue weighted by Crippen LogP contribution is -2.51. The molecule has 4 aliphatic heterocycles. The van der Waals surface area contributed by atoms with E-state index < -0.39 is 0 Å². The summed E-state index contributed by atoms with van der Waals surface area (Å²) in [5.41, 5.74) is 1.33. The van der Waals surface area contributed by atoms with Gasteiger partial charge in [0, 0.05) is 33.4 Å². The van der Waals surface area contributed by atoms with Gasteiger partial charge in [0.1, 0.15) is 0 Å². The van der Waals surface area contributed by atoms with Crippen molar-refractivity contribution in [3.8, 4) is 0 Å². The highest BCUT2D eigenvalue weighted by molar-refractivity contribution is 4.99. The van der Waals surface area contributed by atoms with Crippen molar-refractivity contribution in [2.24, 2.45) is 28.6 Å². The van der Waals surface area contributed by atoms with Crippen LogP contribution in [0.3, 0.4) is 0 Å². The van der Waals surface area contributed by atoms with E-state index in [1.165, 1.54) is 168 Å². The molecule has 6 heteroatoms. The van der Waals surface area contributed by atoms with E-state index in [-0.39, 0.29) is 0 Å². The molecule has 2 saturated carbocycles. The number of methoxy groups -OCH3 is 1. The van der Waals surface area contributed by atoms with Crippen molar-refractivity contribution in [3.63, 3.8) is 0 Å². The summed E-state index contributed by atoms with van der Waals surface area (Å²) in [5.74, 6) is 2.77. The Balaban J connectivity index is 0.000000243. The van der Waals surface area contributed by atoms with Crippen molar-refractivity contribution in [2.75, 3.05) is 92.3 Å². The number of ether oxygens (including phenoxy) is 2. The Morgan fingerprint density at radius 1 is 0.592 bits per heavy atom. The molecule has 49 heavy (non-hydrogen) atoms. The lowest BCUT2D eigenvalue weighted by Gasteiger charge is -2.52. The first-order valence-electron chi connectivity index (χ1n) is 21.9. The van der Waals surface area contributed by atoms with Crippen LogP contribution in [0.15, 0.2) is 0 Å². The normalized spacial score (nSPS) is 27.5. The highest BCUT2D eigenvalue weighted by atomic mass is 16.5. The Bertz CT molecular complexity index is 808. The molecule has 0 aromatic carbocycles. The van der Waals surface area contributed by atoms with E-state index >= 15 is 0 Å². The molecule has 2 aliphatic carbocycles. The van der Waals surface area contributed by atoms with Gasteiger partial charge in [-0.3, -0.25) is 0 Å². The van der Waals surface area contributed by atoms with Crippen LogP contribution in [0, 0.1) is 28.6 Å². The molecule has 0 radical (unpaired) electrons. The Hall–Kier alpha value is -0.240. The van der Waals surface area contributed by atoms with E-state index in [4.69, 9.17) is 9.47 Å². The van der Waals surface area contributed by atoms with E-state index in [1.807, 2.05) is 34.8 Å². The van der Waals surface area contributed by atoms with Gasteiger partial charge in [-0.2, -0.15) is 0 Å². The molecule has 0 bridgehead atoms. The van der Waals surface area contributed by atoms with E-state index in [0.29, 0.717) is 23.0 Å². The van der Waals surface area contributed by atoms with Crippen molar-refractivity contribution in [3.05, 3.63) is 0 Å². The van der Waals surface area contributed by atoms with Crippen molar-refractivity contribution in [1.29, 1.82) is 0 Å². The second kappa shape index (κ2) is 22.7. The largest absolute Gasteiger partial charge is 0.381 e. The zero-order valence-electron chi connectivity index (χ0n) is 34.6. The summed E-state index contributed by atoms with van der Waals surface area (Å²) in [4.78, 5) is 10.9. The summed E-state index contributed by atoms with van der Waals surface area (Å²) in [6, 6.07) is 0. The molecule has 6 aliphatic rings. The quantitative estimate of drug-likeness (QED) is 0.203. The second-order valence-electron chi connectivity index (χ2n) is 16.9. The Morgan fingerprint density at radius 3 is 1.41 bits per heavy atom. The number of hydrogen-bond donors (Lipinski definition) is 0. The average molecular weight is 691 g/mol. The molecular weight excluding hydrogens is 604 g/mol. The van der Waals surface area contributed by atoms with Crippen LogP contribution in [0.5, 0.6) is 0 Å². The minimum Gasteiger partial charge on any atom is -0.381 e. The summed E-state index contributed by atoms with van der Waals surface area (Å²) in [7, 11) is 1.87. The van der Waals surface area contributed by atoms with Gasteiger partial charge in [0.15, 0.2) is 0 Å². The first-order valence-corrected chi connectivity index (χ1v) is 21.9. The van der Waals surface area contributed by atoms with Gasteiger partial charge in [-0.1, -0.05) is 54.9 Å². The Labute approximate surface area is 306 Å². The molecule has 6 fully saturated rings. The number of rotatable bonds is 12. The molecule has 6 nitrogen and oxygen atoms in total. The summed E-state index contributed by atoms with van der Waals surface area (Å²) in [6.07, 6.45) is 20.5. The minimum absolute atomic E-state index is 0.569. The van der Waals surface area contributed by atoms with Crippen LogP contribution in [0.1, 0.15) is 145 Å². The molecule has 4 saturated heterocycles. The van der Waals surface area contributed by atoms with Crippen LogP contribution in [-0.4, -0.2) is 124 Å². The fourth-order valence-electron chi connectivity index (χ4n) is 9.93. The van der Waals surface area contributed by atoms with Gasteiger partial charge in [0.05, 0.1) is 12.2 Å². The summed E-state index contributed by atoms with van der Waals surface area (Å²) >= 11 is 0. The smallest absolute Gasteiger partial charge is 0.0585 e. The van der Waals surface area contributed by atoms with Crippen molar-refractivity contribution >= 4 is 0 Å². The van der Waals surface area contributed by atoms with E-state index in [1.54, 1.807) is 0 Å². The van der Waals surface area contributed by atoms with Crippen molar-refractivity contribution < 1.29 is 9.47 Å². The van der Waals surface area contributed by atoms with Crippen LogP contribution in [0.4, 0.5) is 0 Å². The maximum atomic E-state index is 5.78. The average Bonchev–Trinajstić information content (AvgIpc) is 3.12. The molecular formula is C43H86N4O2. The molecule has 1 unspecified atom stereocenters. The third kappa shape index (κ3) is 13.6. The fraction of sp³-hybridized carbons (Fsp3) is 1.00. The zero-order valence-corrected chi connectivity index (χ0v) is 34.6. The van der Waals surface area contributed by atoms with Gasteiger partial charge in [-0.05, 0) is 178 Å². The number of piperidine rings is 4. The van der Waals surface area contributed by atoms with Gasteiger partial charge in [-0.15, -0.1) is 0 Å². The maximum absolute atomic E-state index is 5.78. The summed E-state index contributed by atoms with van der Waals surface area (Å²) in [6.45, 7) is 34.1. The first kappa shape index (κ1) is 43.2. The SMILES string of the molecule is CC.CC.CCCN1CCC(CN2CCC3(CC2)CC(OC)C3)CC1.CCOC1CC2(CCN(CC3CCN(CC(C)CC)CC3)CC2)C1. The topological polar surface area (TPSA) is 31.4 Å². The van der Waals surface area contributed by atoms with Crippen LogP contribution in [-0.2, 0) is 9.47 Å². The van der Waals surface area contributed by atoms with Crippen LogP contribution >= 0.6 is 0 Å². The molecule has 290 valence electrons. The third-order valence-electron chi connectivity index (χ3n) is 13.5. The lowest BCUT2D eigenvalue weighted by molar-refractivity contribution is -0.102. The maximum Gasteiger partial charge on any atom is 0.0585 e. The number of likely N-dealkylation sites (tertiary alicyclic amines) is 4. The first-order chi connectivity index (χ1) is 23.8. The Morgan fingerprint density at radius 2 is 1.02 bits per heavy atom. The van der Waals surface area contributed by atoms with Gasteiger partial charge in [-0.25, -0.2) is 0 Å².